The summed E-state index contributed by atoms with van der Waals surface area (Å²) in [6.07, 6.45) is 1.04. The third-order valence-corrected chi connectivity index (χ3v) is 4.23. The largest absolute Gasteiger partial charge is 0.350 e. The van der Waals surface area contributed by atoms with Crippen molar-refractivity contribution < 1.29 is 18.0 Å². The second-order valence-electron chi connectivity index (χ2n) is 6.53. The number of anilines is 2. The zero-order chi connectivity index (χ0) is 20.2. The van der Waals surface area contributed by atoms with Gasteiger partial charge < -0.3 is 10.6 Å². The average Bonchev–Trinajstić information content (AvgIpc) is 2.55. The first-order valence-electron chi connectivity index (χ1n) is 8.36. The zero-order valence-electron chi connectivity index (χ0n) is 15.7. The summed E-state index contributed by atoms with van der Waals surface area (Å²) in [4.78, 5) is 24.9. The van der Waals surface area contributed by atoms with Gasteiger partial charge in [-0.3, -0.25) is 14.3 Å². The topological polar surface area (TPSA) is 104 Å². The second-order valence-corrected chi connectivity index (χ2v) is 8.28. The molecule has 2 amide bonds. The summed E-state index contributed by atoms with van der Waals surface area (Å²) < 4.78 is 25.3. The molecule has 0 bridgehead atoms. The van der Waals surface area contributed by atoms with Gasteiger partial charge in [0.2, 0.25) is 10.0 Å². The molecule has 0 radical (unpaired) electrons. The minimum atomic E-state index is -3.47. The average molecular weight is 389 g/mol. The van der Waals surface area contributed by atoms with E-state index < -0.39 is 15.9 Å². The van der Waals surface area contributed by atoms with E-state index in [4.69, 9.17) is 0 Å². The zero-order valence-corrected chi connectivity index (χ0v) is 16.5. The van der Waals surface area contributed by atoms with Crippen LogP contribution in [0.5, 0.6) is 0 Å². The van der Waals surface area contributed by atoms with E-state index >= 15 is 0 Å². The molecule has 0 spiro atoms. The van der Waals surface area contributed by atoms with Crippen LogP contribution in [0.2, 0.25) is 0 Å². The first-order valence-corrected chi connectivity index (χ1v) is 10.3. The van der Waals surface area contributed by atoms with Crippen molar-refractivity contribution in [3.05, 3.63) is 59.2 Å². The highest BCUT2D eigenvalue weighted by Crippen LogP contribution is 2.21. The van der Waals surface area contributed by atoms with E-state index in [-0.39, 0.29) is 17.5 Å². The van der Waals surface area contributed by atoms with Crippen LogP contribution in [0.1, 0.15) is 40.1 Å². The molecule has 0 atom stereocenters. The number of para-hydroxylation sites is 1. The number of carbonyl (C=O) groups excluding carboxylic acids is 2. The molecule has 2 rings (SSSR count). The number of aryl methyl sites for hydroxylation is 1. The van der Waals surface area contributed by atoms with Crippen LogP contribution >= 0.6 is 0 Å². The lowest BCUT2D eigenvalue weighted by atomic mass is 10.1. The Bertz CT molecular complexity index is 969. The molecule has 3 N–H and O–H groups in total. The lowest BCUT2D eigenvalue weighted by molar-refractivity contribution is 0.0944. The molecule has 0 unspecified atom stereocenters. The smallest absolute Gasteiger partial charge is 0.255 e. The van der Waals surface area contributed by atoms with E-state index in [9.17, 15) is 18.0 Å². The Morgan fingerprint density at radius 2 is 1.63 bits per heavy atom. The number of hydrogen-bond acceptors (Lipinski definition) is 4. The van der Waals surface area contributed by atoms with E-state index in [1.54, 1.807) is 43.3 Å². The molecule has 144 valence electrons. The molecule has 0 saturated carbocycles. The Labute approximate surface area is 159 Å². The third-order valence-electron chi connectivity index (χ3n) is 3.63. The van der Waals surface area contributed by atoms with Crippen LogP contribution in [0.15, 0.2) is 42.5 Å². The molecular formula is C19H23N3O4S. The summed E-state index contributed by atoms with van der Waals surface area (Å²) in [6.45, 7) is 5.43. The maximum atomic E-state index is 12.6. The fourth-order valence-electron chi connectivity index (χ4n) is 2.40. The number of sulfonamides is 1. The van der Waals surface area contributed by atoms with Crippen LogP contribution in [0.3, 0.4) is 0 Å². The first-order chi connectivity index (χ1) is 12.6. The van der Waals surface area contributed by atoms with Gasteiger partial charge in [-0.15, -0.1) is 0 Å². The highest BCUT2D eigenvalue weighted by Gasteiger charge is 2.16. The Morgan fingerprint density at radius 3 is 2.26 bits per heavy atom. The van der Waals surface area contributed by atoms with Crippen LogP contribution < -0.4 is 15.4 Å². The van der Waals surface area contributed by atoms with Crippen molar-refractivity contribution in [3.63, 3.8) is 0 Å². The molecule has 2 aromatic carbocycles. The summed E-state index contributed by atoms with van der Waals surface area (Å²) >= 11 is 0. The Balaban J connectivity index is 2.28. The maximum Gasteiger partial charge on any atom is 0.255 e. The summed E-state index contributed by atoms with van der Waals surface area (Å²) in [5, 5.41) is 5.50. The highest BCUT2D eigenvalue weighted by atomic mass is 32.2. The van der Waals surface area contributed by atoms with Crippen molar-refractivity contribution in [1.82, 2.24) is 5.32 Å². The maximum absolute atomic E-state index is 12.6. The van der Waals surface area contributed by atoms with Gasteiger partial charge >= 0.3 is 0 Å². The lowest BCUT2D eigenvalue weighted by Gasteiger charge is -2.14. The second kappa shape index (κ2) is 8.22. The standard InChI is InChI=1S/C19H23N3O4S/c1-12(2)20-19(24)15-7-5-6-8-16(15)21-18(23)14-10-9-13(3)17(11-14)22-27(4,25)26/h5-12,22H,1-4H3,(H,20,24)(H,21,23). The van der Waals surface area contributed by atoms with Crippen molar-refractivity contribution in [1.29, 1.82) is 0 Å². The monoisotopic (exact) mass is 389 g/mol. The van der Waals surface area contributed by atoms with E-state index in [2.05, 4.69) is 15.4 Å². The Morgan fingerprint density at radius 1 is 0.963 bits per heavy atom. The number of amides is 2. The molecule has 2 aromatic rings. The molecule has 0 aliphatic heterocycles. The number of rotatable bonds is 6. The summed E-state index contributed by atoms with van der Waals surface area (Å²) in [5.41, 5.74) is 2.01. The molecule has 0 saturated heterocycles. The van der Waals surface area contributed by atoms with E-state index in [1.165, 1.54) is 6.07 Å². The van der Waals surface area contributed by atoms with Crippen molar-refractivity contribution in [3.8, 4) is 0 Å². The van der Waals surface area contributed by atoms with Gasteiger partial charge in [0.15, 0.2) is 0 Å². The Hall–Kier alpha value is -2.87. The molecule has 27 heavy (non-hydrogen) atoms. The van der Waals surface area contributed by atoms with Crippen molar-refractivity contribution >= 4 is 33.2 Å². The molecule has 0 heterocycles. The number of benzene rings is 2. The van der Waals surface area contributed by atoms with E-state index in [1.807, 2.05) is 13.8 Å². The molecule has 0 aliphatic rings. The Kier molecular flexibility index (Phi) is 6.22. The predicted octanol–water partition coefficient (Wildman–Crippen LogP) is 2.76. The van der Waals surface area contributed by atoms with Crippen molar-refractivity contribution in [2.45, 2.75) is 26.8 Å². The minimum absolute atomic E-state index is 0.0389. The van der Waals surface area contributed by atoms with Gasteiger partial charge in [0.05, 0.1) is 23.2 Å². The van der Waals surface area contributed by atoms with Crippen LogP contribution in [0.4, 0.5) is 11.4 Å². The molecule has 7 nitrogen and oxygen atoms in total. The third kappa shape index (κ3) is 5.82. The van der Waals surface area contributed by atoms with Gasteiger partial charge in [0.25, 0.3) is 11.8 Å². The number of nitrogens with one attached hydrogen (secondary N) is 3. The lowest BCUT2D eigenvalue weighted by Crippen LogP contribution is -2.31. The van der Waals surface area contributed by atoms with Crippen LogP contribution in [0.25, 0.3) is 0 Å². The van der Waals surface area contributed by atoms with Crippen LogP contribution in [-0.2, 0) is 10.0 Å². The molecular weight excluding hydrogens is 366 g/mol. The first kappa shape index (κ1) is 20.4. The van der Waals surface area contributed by atoms with Crippen molar-refractivity contribution in [2.75, 3.05) is 16.3 Å². The fourth-order valence-corrected chi connectivity index (χ4v) is 3.02. The summed E-state index contributed by atoms with van der Waals surface area (Å²) in [7, 11) is -3.47. The van der Waals surface area contributed by atoms with E-state index in [0.717, 1.165) is 6.26 Å². The SMILES string of the molecule is Cc1ccc(C(=O)Nc2ccccc2C(=O)NC(C)C)cc1NS(C)(=O)=O. The van der Waals surface area contributed by atoms with Gasteiger partial charge in [-0.05, 0) is 50.6 Å². The van der Waals surface area contributed by atoms with Gasteiger partial charge in [-0.25, -0.2) is 8.42 Å². The van der Waals surface area contributed by atoms with Gasteiger partial charge in [0.1, 0.15) is 0 Å². The van der Waals surface area contributed by atoms with Crippen LogP contribution in [0, 0.1) is 6.92 Å². The van der Waals surface area contributed by atoms with E-state index in [0.29, 0.717) is 22.5 Å². The quantitative estimate of drug-likeness (QED) is 0.706. The minimum Gasteiger partial charge on any atom is -0.350 e. The van der Waals surface area contributed by atoms with Gasteiger partial charge in [-0.1, -0.05) is 18.2 Å². The van der Waals surface area contributed by atoms with Gasteiger partial charge in [-0.2, -0.15) is 0 Å². The summed E-state index contributed by atoms with van der Waals surface area (Å²) in [5.74, 6) is -0.736. The number of hydrogen-bond donors (Lipinski definition) is 3. The predicted molar refractivity (Wildman–Crippen MR) is 107 cm³/mol. The molecule has 0 fully saturated rings. The molecule has 0 aliphatic carbocycles. The molecule has 0 aromatic heterocycles. The fraction of sp³-hybridized carbons (Fsp3) is 0.263. The van der Waals surface area contributed by atoms with Crippen molar-refractivity contribution in [2.24, 2.45) is 0 Å². The van der Waals surface area contributed by atoms with Crippen LogP contribution in [-0.4, -0.2) is 32.5 Å². The summed E-state index contributed by atoms with van der Waals surface area (Å²) in [6, 6.07) is 11.4. The molecule has 8 heteroatoms. The van der Waals surface area contributed by atoms with Gasteiger partial charge in [0, 0.05) is 11.6 Å². The normalized spacial score (nSPS) is 11.1. The number of carbonyl (C=O) groups is 2. The highest BCUT2D eigenvalue weighted by molar-refractivity contribution is 7.92.